The SMILES string of the molecule is CC(C)N1CCN(C(=O)c2coc(COc3ccc4c(c3)OCO4)n2)C[C@H]1C. The van der Waals surface area contributed by atoms with Crippen LogP contribution in [0.1, 0.15) is 37.2 Å². The van der Waals surface area contributed by atoms with Gasteiger partial charge in [-0.05, 0) is 32.9 Å². The number of ether oxygens (including phenoxy) is 3. The summed E-state index contributed by atoms with van der Waals surface area (Å²) >= 11 is 0. The van der Waals surface area contributed by atoms with Crippen molar-refractivity contribution in [1.29, 1.82) is 0 Å². The lowest BCUT2D eigenvalue weighted by Gasteiger charge is -2.41. The monoisotopic (exact) mass is 387 g/mol. The molecule has 2 aliphatic heterocycles. The summed E-state index contributed by atoms with van der Waals surface area (Å²) in [6.07, 6.45) is 1.40. The Balaban J connectivity index is 1.34. The van der Waals surface area contributed by atoms with Gasteiger partial charge in [0, 0.05) is 37.8 Å². The Morgan fingerprint density at radius 3 is 2.89 bits per heavy atom. The van der Waals surface area contributed by atoms with E-state index in [9.17, 15) is 4.79 Å². The number of amides is 1. The first-order chi connectivity index (χ1) is 13.5. The maximum Gasteiger partial charge on any atom is 0.275 e. The topological polar surface area (TPSA) is 77.3 Å². The van der Waals surface area contributed by atoms with Gasteiger partial charge in [0.15, 0.2) is 23.8 Å². The van der Waals surface area contributed by atoms with Crippen molar-refractivity contribution in [3.05, 3.63) is 36.0 Å². The van der Waals surface area contributed by atoms with Crippen molar-refractivity contribution in [1.82, 2.24) is 14.8 Å². The van der Waals surface area contributed by atoms with Gasteiger partial charge in [-0.3, -0.25) is 9.69 Å². The standard InChI is InChI=1S/C20H25N3O5/c1-13(2)23-7-6-22(9-14(23)3)20(24)16-10-26-19(21-16)11-25-15-4-5-17-18(8-15)28-12-27-17/h4-5,8,10,13-14H,6-7,9,11-12H2,1-3H3/t14-/m1/s1. The maximum absolute atomic E-state index is 12.8. The highest BCUT2D eigenvalue weighted by molar-refractivity contribution is 5.92. The van der Waals surface area contributed by atoms with Crippen LogP contribution in [0.5, 0.6) is 17.2 Å². The fourth-order valence-electron chi connectivity index (χ4n) is 3.67. The molecule has 0 spiro atoms. The Hall–Kier alpha value is -2.74. The van der Waals surface area contributed by atoms with Crippen LogP contribution >= 0.6 is 0 Å². The molecule has 8 nitrogen and oxygen atoms in total. The minimum atomic E-state index is -0.103. The molecule has 8 heteroatoms. The molecule has 0 saturated carbocycles. The van der Waals surface area contributed by atoms with Gasteiger partial charge in [-0.2, -0.15) is 0 Å². The fraction of sp³-hybridized carbons (Fsp3) is 0.500. The molecule has 2 aliphatic rings. The first-order valence-electron chi connectivity index (χ1n) is 9.53. The Morgan fingerprint density at radius 2 is 2.11 bits per heavy atom. The average molecular weight is 387 g/mol. The molecule has 1 fully saturated rings. The number of nitrogens with zero attached hydrogens (tertiary/aromatic N) is 3. The molecular formula is C20H25N3O5. The van der Waals surface area contributed by atoms with Crippen molar-refractivity contribution in [2.45, 2.75) is 39.5 Å². The van der Waals surface area contributed by atoms with Gasteiger partial charge in [-0.15, -0.1) is 0 Å². The van der Waals surface area contributed by atoms with E-state index in [1.54, 1.807) is 18.2 Å². The van der Waals surface area contributed by atoms with Crippen LogP contribution in [-0.4, -0.2) is 59.2 Å². The van der Waals surface area contributed by atoms with Crippen LogP contribution in [0.25, 0.3) is 0 Å². The predicted molar refractivity (Wildman–Crippen MR) is 101 cm³/mol. The maximum atomic E-state index is 12.8. The second-order valence-electron chi connectivity index (χ2n) is 7.36. The third-order valence-electron chi connectivity index (χ3n) is 5.11. The Labute approximate surface area is 164 Å². The lowest BCUT2D eigenvalue weighted by molar-refractivity contribution is 0.0421. The molecule has 150 valence electrons. The van der Waals surface area contributed by atoms with Crippen molar-refractivity contribution in [2.24, 2.45) is 0 Å². The molecule has 1 aromatic carbocycles. The van der Waals surface area contributed by atoms with E-state index in [0.717, 1.165) is 6.54 Å². The number of rotatable bonds is 5. The van der Waals surface area contributed by atoms with E-state index in [4.69, 9.17) is 18.6 Å². The fourth-order valence-corrected chi connectivity index (χ4v) is 3.67. The van der Waals surface area contributed by atoms with Gasteiger partial charge in [0.05, 0.1) is 0 Å². The van der Waals surface area contributed by atoms with E-state index in [1.807, 2.05) is 4.90 Å². The molecule has 1 amide bonds. The summed E-state index contributed by atoms with van der Waals surface area (Å²) in [5, 5.41) is 0. The van der Waals surface area contributed by atoms with Crippen LogP contribution in [0.3, 0.4) is 0 Å². The molecule has 0 radical (unpaired) electrons. The summed E-state index contributed by atoms with van der Waals surface area (Å²) in [5.74, 6) is 2.22. The molecule has 1 saturated heterocycles. The minimum absolute atomic E-state index is 0.103. The van der Waals surface area contributed by atoms with Crippen LogP contribution in [0.15, 0.2) is 28.9 Å². The van der Waals surface area contributed by atoms with Crippen molar-refractivity contribution in [2.75, 3.05) is 26.4 Å². The normalized spacial score (nSPS) is 19.3. The highest BCUT2D eigenvalue weighted by atomic mass is 16.7. The van der Waals surface area contributed by atoms with E-state index in [-0.39, 0.29) is 19.3 Å². The number of oxazole rings is 1. The molecule has 0 N–H and O–H groups in total. The van der Waals surface area contributed by atoms with Gasteiger partial charge >= 0.3 is 0 Å². The van der Waals surface area contributed by atoms with E-state index in [2.05, 4.69) is 30.7 Å². The summed E-state index contributed by atoms with van der Waals surface area (Å²) in [7, 11) is 0. The number of hydrogen-bond donors (Lipinski definition) is 0. The average Bonchev–Trinajstić information content (AvgIpc) is 3.34. The summed E-state index contributed by atoms with van der Waals surface area (Å²) < 4.78 is 21.7. The number of carbonyl (C=O) groups is 1. The second kappa shape index (κ2) is 7.71. The second-order valence-corrected chi connectivity index (χ2v) is 7.36. The van der Waals surface area contributed by atoms with Gasteiger partial charge in [0.1, 0.15) is 12.0 Å². The number of benzene rings is 1. The molecule has 4 rings (SSSR count). The van der Waals surface area contributed by atoms with Crippen LogP contribution in [0, 0.1) is 0 Å². The van der Waals surface area contributed by atoms with E-state index >= 15 is 0 Å². The zero-order valence-corrected chi connectivity index (χ0v) is 16.4. The third-order valence-corrected chi connectivity index (χ3v) is 5.11. The van der Waals surface area contributed by atoms with Gasteiger partial charge < -0.3 is 23.5 Å². The number of piperazine rings is 1. The molecule has 28 heavy (non-hydrogen) atoms. The highest BCUT2D eigenvalue weighted by Gasteiger charge is 2.29. The Bertz CT molecular complexity index is 850. The minimum Gasteiger partial charge on any atom is -0.484 e. The Morgan fingerprint density at radius 1 is 1.29 bits per heavy atom. The zero-order valence-electron chi connectivity index (χ0n) is 16.4. The van der Waals surface area contributed by atoms with E-state index < -0.39 is 0 Å². The predicted octanol–water partition coefficient (Wildman–Crippen LogP) is 2.54. The van der Waals surface area contributed by atoms with Crippen LogP contribution in [0.2, 0.25) is 0 Å². The molecule has 3 heterocycles. The summed E-state index contributed by atoms with van der Waals surface area (Å²) in [4.78, 5) is 21.3. The van der Waals surface area contributed by atoms with Gasteiger partial charge in [-0.1, -0.05) is 0 Å². The first kappa shape index (κ1) is 18.6. The van der Waals surface area contributed by atoms with Crippen LogP contribution in [-0.2, 0) is 6.61 Å². The number of hydrogen-bond acceptors (Lipinski definition) is 7. The summed E-state index contributed by atoms with van der Waals surface area (Å²) in [6.45, 7) is 9.09. The molecule has 1 aromatic heterocycles. The third kappa shape index (κ3) is 3.77. The smallest absolute Gasteiger partial charge is 0.275 e. The number of fused-ring (bicyclic) bond motifs is 1. The van der Waals surface area contributed by atoms with Gasteiger partial charge in [0.2, 0.25) is 12.7 Å². The molecular weight excluding hydrogens is 362 g/mol. The summed E-state index contributed by atoms with van der Waals surface area (Å²) in [5.41, 5.74) is 0.314. The van der Waals surface area contributed by atoms with Crippen molar-refractivity contribution >= 4 is 5.91 Å². The number of carbonyl (C=O) groups excluding carboxylic acids is 1. The molecule has 0 aliphatic carbocycles. The quantitative estimate of drug-likeness (QED) is 0.780. The lowest BCUT2D eigenvalue weighted by Crippen LogP contribution is -2.55. The molecule has 2 aromatic rings. The highest BCUT2D eigenvalue weighted by Crippen LogP contribution is 2.35. The van der Waals surface area contributed by atoms with Crippen LogP contribution < -0.4 is 14.2 Å². The number of aromatic nitrogens is 1. The van der Waals surface area contributed by atoms with Crippen molar-refractivity contribution in [3.63, 3.8) is 0 Å². The van der Waals surface area contributed by atoms with Crippen LogP contribution in [0.4, 0.5) is 0 Å². The molecule has 0 unspecified atom stereocenters. The van der Waals surface area contributed by atoms with Crippen molar-refractivity contribution in [3.8, 4) is 17.2 Å². The lowest BCUT2D eigenvalue weighted by atomic mass is 10.1. The van der Waals surface area contributed by atoms with Gasteiger partial charge in [0.25, 0.3) is 5.91 Å². The van der Waals surface area contributed by atoms with E-state index in [1.165, 1.54) is 6.26 Å². The first-order valence-corrected chi connectivity index (χ1v) is 9.53. The van der Waals surface area contributed by atoms with Gasteiger partial charge in [-0.25, -0.2) is 4.98 Å². The molecule has 0 bridgehead atoms. The van der Waals surface area contributed by atoms with Crippen molar-refractivity contribution < 1.29 is 23.4 Å². The Kier molecular flexibility index (Phi) is 5.13. The van der Waals surface area contributed by atoms with E-state index in [0.29, 0.717) is 54.0 Å². The largest absolute Gasteiger partial charge is 0.484 e. The zero-order chi connectivity index (χ0) is 19.7. The molecule has 1 atom stereocenters. The summed E-state index contributed by atoms with van der Waals surface area (Å²) in [6, 6.07) is 6.13.